The number of urea groups is 1. The third kappa shape index (κ3) is 4.01. The highest BCUT2D eigenvalue weighted by molar-refractivity contribution is 6.31. The molecule has 1 aromatic carbocycles. The predicted molar refractivity (Wildman–Crippen MR) is 90.9 cm³/mol. The molecule has 1 aromatic heterocycles. The van der Waals surface area contributed by atoms with Crippen LogP contribution in [-0.2, 0) is 4.79 Å². The Morgan fingerprint density at radius 3 is 2.57 bits per heavy atom. The third-order valence-electron chi connectivity index (χ3n) is 4.12. The van der Waals surface area contributed by atoms with Crippen molar-refractivity contribution in [3.63, 3.8) is 0 Å². The van der Waals surface area contributed by atoms with Crippen LogP contribution < -0.4 is 16.0 Å². The van der Waals surface area contributed by atoms with Crippen LogP contribution in [0.5, 0.6) is 0 Å². The summed E-state index contributed by atoms with van der Waals surface area (Å²) in [5.41, 5.74) is -0.529. The van der Waals surface area contributed by atoms with E-state index >= 15 is 0 Å². The number of rotatable bonds is 5. The number of amides is 3. The van der Waals surface area contributed by atoms with Crippen molar-refractivity contribution in [2.24, 2.45) is 0 Å². The molecule has 1 aliphatic rings. The number of benzene rings is 1. The van der Waals surface area contributed by atoms with E-state index in [0.29, 0.717) is 0 Å². The zero-order valence-electron chi connectivity index (χ0n) is 14.0. The van der Waals surface area contributed by atoms with Crippen molar-refractivity contribution in [2.45, 2.75) is 18.5 Å². The summed E-state index contributed by atoms with van der Waals surface area (Å²) in [7, 11) is 0. The van der Waals surface area contributed by atoms with Gasteiger partial charge in [-0.05, 0) is 17.7 Å². The number of nitrogens with one attached hydrogen (secondary N) is 3. The summed E-state index contributed by atoms with van der Waals surface area (Å²) in [6, 6.07) is 1.58. The predicted octanol–water partition coefficient (Wildman–Crippen LogP) is 2.84. The zero-order chi connectivity index (χ0) is 20.4. The molecule has 148 valence electrons. The molecule has 28 heavy (non-hydrogen) atoms. The molecule has 6 nitrogen and oxygen atoms in total. The molecule has 0 unspecified atom stereocenters. The first-order chi connectivity index (χ1) is 13.3. The molecular formula is C17H13ClF4N4O2. The number of hydrogen-bond acceptors (Lipinski definition) is 3. The highest BCUT2D eigenvalue weighted by atomic mass is 35.5. The minimum Gasteiger partial charge on any atom is -0.343 e. The molecule has 3 N–H and O–H groups in total. The molecule has 0 bridgehead atoms. The van der Waals surface area contributed by atoms with Crippen molar-refractivity contribution in [1.29, 1.82) is 0 Å². The standard InChI is InChI=1S/C17H13ClF4N4O2/c18-12-9(19)3-2-8(13(12)20)14(7-1-4-10(15(21)22)23-5-7)26-16(27)11-6-24-17(28)25-11/h1-5,11,14-15H,6H2,(H,26,27)(H2,24,25,28)/t11-,14+/m0/s1. The SMILES string of the molecule is O=C1NC[C@@H](C(=O)N[C@H](c2ccc(C(F)F)nc2)c2ccc(F)c(Cl)c2F)N1. The summed E-state index contributed by atoms with van der Waals surface area (Å²) in [6.07, 6.45) is -1.76. The third-order valence-corrected chi connectivity index (χ3v) is 4.46. The van der Waals surface area contributed by atoms with Crippen molar-refractivity contribution in [1.82, 2.24) is 20.9 Å². The van der Waals surface area contributed by atoms with Crippen molar-refractivity contribution >= 4 is 23.5 Å². The molecule has 2 atom stereocenters. The quantitative estimate of drug-likeness (QED) is 0.518. The number of halogens is 5. The second-order valence-electron chi connectivity index (χ2n) is 5.93. The summed E-state index contributed by atoms with van der Waals surface area (Å²) in [4.78, 5) is 27.3. The van der Waals surface area contributed by atoms with E-state index in [1.807, 2.05) is 0 Å². The van der Waals surface area contributed by atoms with Gasteiger partial charge in [-0.25, -0.2) is 22.4 Å². The van der Waals surface area contributed by atoms with E-state index < -0.39 is 52.8 Å². The molecule has 11 heteroatoms. The van der Waals surface area contributed by atoms with Gasteiger partial charge in [0.2, 0.25) is 5.91 Å². The van der Waals surface area contributed by atoms with Crippen LogP contribution in [0.1, 0.15) is 29.3 Å². The van der Waals surface area contributed by atoms with Gasteiger partial charge in [-0.3, -0.25) is 9.78 Å². The molecule has 0 aliphatic carbocycles. The first-order valence-corrected chi connectivity index (χ1v) is 8.38. The molecule has 1 aliphatic heterocycles. The van der Waals surface area contributed by atoms with E-state index in [0.717, 1.165) is 24.4 Å². The molecule has 0 saturated carbocycles. The Bertz CT molecular complexity index is 911. The van der Waals surface area contributed by atoms with Gasteiger partial charge in [0.25, 0.3) is 6.43 Å². The Morgan fingerprint density at radius 1 is 1.25 bits per heavy atom. The monoisotopic (exact) mass is 416 g/mol. The van der Waals surface area contributed by atoms with E-state index in [-0.39, 0.29) is 17.7 Å². The molecular weight excluding hydrogens is 404 g/mol. The van der Waals surface area contributed by atoms with E-state index in [1.54, 1.807) is 0 Å². The molecule has 0 spiro atoms. The fourth-order valence-electron chi connectivity index (χ4n) is 2.68. The van der Waals surface area contributed by atoms with Crippen molar-refractivity contribution in [3.05, 3.63) is 63.9 Å². The lowest BCUT2D eigenvalue weighted by atomic mass is 9.98. The van der Waals surface area contributed by atoms with Crippen LogP contribution in [0.25, 0.3) is 0 Å². The van der Waals surface area contributed by atoms with Gasteiger partial charge >= 0.3 is 6.03 Å². The van der Waals surface area contributed by atoms with Crippen molar-refractivity contribution in [2.75, 3.05) is 6.54 Å². The number of pyridine rings is 1. The minimum atomic E-state index is -2.81. The fraction of sp³-hybridized carbons (Fsp3) is 0.235. The van der Waals surface area contributed by atoms with Crippen LogP contribution in [0, 0.1) is 11.6 Å². The Kier molecular flexibility index (Phi) is 5.68. The lowest BCUT2D eigenvalue weighted by Gasteiger charge is -2.22. The van der Waals surface area contributed by atoms with Gasteiger partial charge in [-0.1, -0.05) is 23.7 Å². The van der Waals surface area contributed by atoms with Crippen molar-refractivity contribution in [3.8, 4) is 0 Å². The van der Waals surface area contributed by atoms with Gasteiger partial charge in [-0.2, -0.15) is 0 Å². The average molecular weight is 417 g/mol. The largest absolute Gasteiger partial charge is 0.343 e. The second kappa shape index (κ2) is 8.01. The molecule has 0 radical (unpaired) electrons. The first-order valence-electron chi connectivity index (χ1n) is 8.00. The van der Waals surface area contributed by atoms with Crippen LogP contribution in [0.4, 0.5) is 22.4 Å². The lowest BCUT2D eigenvalue weighted by molar-refractivity contribution is -0.122. The molecule has 1 fully saturated rings. The van der Waals surface area contributed by atoms with Gasteiger partial charge in [0.1, 0.15) is 28.4 Å². The number of hydrogen-bond donors (Lipinski definition) is 3. The van der Waals surface area contributed by atoms with Crippen LogP contribution in [0.3, 0.4) is 0 Å². The molecule has 3 rings (SSSR count). The van der Waals surface area contributed by atoms with Gasteiger partial charge < -0.3 is 16.0 Å². The normalized spacial score (nSPS) is 17.2. The van der Waals surface area contributed by atoms with Crippen LogP contribution >= 0.6 is 11.6 Å². The highest BCUT2D eigenvalue weighted by Crippen LogP contribution is 2.30. The van der Waals surface area contributed by atoms with Gasteiger partial charge in [0, 0.05) is 18.3 Å². The van der Waals surface area contributed by atoms with E-state index in [9.17, 15) is 27.2 Å². The number of carbonyl (C=O) groups is 2. The fourth-order valence-corrected chi connectivity index (χ4v) is 2.85. The van der Waals surface area contributed by atoms with Gasteiger partial charge in [-0.15, -0.1) is 0 Å². The Balaban J connectivity index is 1.97. The molecule has 2 aromatic rings. The maximum Gasteiger partial charge on any atom is 0.315 e. The Morgan fingerprint density at radius 2 is 2.00 bits per heavy atom. The van der Waals surface area contributed by atoms with E-state index in [1.165, 1.54) is 6.07 Å². The topological polar surface area (TPSA) is 83.1 Å². The highest BCUT2D eigenvalue weighted by Gasteiger charge is 2.31. The molecule has 1 saturated heterocycles. The minimum absolute atomic E-state index is 0.00656. The van der Waals surface area contributed by atoms with Crippen LogP contribution in [-0.4, -0.2) is 29.5 Å². The maximum atomic E-state index is 14.5. The number of alkyl halides is 2. The molecule has 3 amide bonds. The zero-order valence-corrected chi connectivity index (χ0v) is 14.7. The van der Waals surface area contributed by atoms with E-state index in [2.05, 4.69) is 20.9 Å². The number of nitrogens with zero attached hydrogens (tertiary/aromatic N) is 1. The smallest absolute Gasteiger partial charge is 0.315 e. The van der Waals surface area contributed by atoms with Gasteiger partial charge in [0.15, 0.2) is 0 Å². The van der Waals surface area contributed by atoms with Crippen LogP contribution in [0.15, 0.2) is 30.5 Å². The second-order valence-corrected chi connectivity index (χ2v) is 6.31. The van der Waals surface area contributed by atoms with Gasteiger partial charge in [0.05, 0.1) is 6.04 Å². The summed E-state index contributed by atoms with van der Waals surface area (Å²) >= 11 is 5.62. The summed E-state index contributed by atoms with van der Waals surface area (Å²) < 4.78 is 53.5. The summed E-state index contributed by atoms with van der Waals surface area (Å²) in [5, 5.41) is 6.50. The average Bonchev–Trinajstić information content (AvgIpc) is 3.11. The maximum absolute atomic E-state index is 14.5. The Hall–Kier alpha value is -2.88. The van der Waals surface area contributed by atoms with Crippen LogP contribution in [0.2, 0.25) is 5.02 Å². The van der Waals surface area contributed by atoms with E-state index in [4.69, 9.17) is 11.6 Å². The molecule has 2 heterocycles. The summed E-state index contributed by atoms with van der Waals surface area (Å²) in [6.45, 7) is 0.00656. The first kappa shape index (κ1) is 19.9. The summed E-state index contributed by atoms with van der Waals surface area (Å²) in [5.74, 6) is -2.77. The van der Waals surface area contributed by atoms with Crippen molar-refractivity contribution < 1.29 is 27.2 Å². The Labute approximate surface area is 161 Å². The number of aromatic nitrogens is 1. The lowest BCUT2D eigenvalue weighted by Crippen LogP contribution is -2.44. The number of carbonyl (C=O) groups excluding carboxylic acids is 2.